The van der Waals surface area contributed by atoms with Crippen LogP contribution in [0, 0.1) is 13.8 Å². The van der Waals surface area contributed by atoms with Gasteiger partial charge >= 0.3 is 0 Å². The van der Waals surface area contributed by atoms with E-state index in [1.165, 1.54) is 4.31 Å². The van der Waals surface area contributed by atoms with Gasteiger partial charge in [0, 0.05) is 25.2 Å². The minimum atomic E-state index is -3.47. The molecule has 0 saturated carbocycles. The van der Waals surface area contributed by atoms with Gasteiger partial charge in [0.05, 0.1) is 18.1 Å². The largest absolute Gasteiger partial charge is 0.379 e. The smallest absolute Gasteiger partial charge is 0.251 e. The van der Waals surface area contributed by atoms with Gasteiger partial charge in [-0.05, 0) is 61.2 Å². The maximum Gasteiger partial charge on any atom is 0.251 e. The number of nitrogens with zero attached hydrogens (tertiary/aromatic N) is 1. The van der Waals surface area contributed by atoms with Gasteiger partial charge in [0.15, 0.2) is 0 Å². The van der Waals surface area contributed by atoms with Crippen molar-refractivity contribution >= 4 is 15.9 Å². The van der Waals surface area contributed by atoms with E-state index < -0.39 is 10.0 Å². The Kier molecular flexibility index (Phi) is 6.49. The van der Waals surface area contributed by atoms with Gasteiger partial charge in [-0.2, -0.15) is 4.31 Å². The van der Waals surface area contributed by atoms with Crippen molar-refractivity contribution in [1.29, 1.82) is 0 Å². The summed E-state index contributed by atoms with van der Waals surface area (Å²) < 4.78 is 31.9. The molecule has 1 heterocycles. The summed E-state index contributed by atoms with van der Waals surface area (Å²) in [7, 11) is -3.47. The predicted molar refractivity (Wildman–Crippen MR) is 108 cm³/mol. The van der Waals surface area contributed by atoms with E-state index in [4.69, 9.17) is 4.74 Å². The maximum atomic E-state index is 12.6. The summed E-state index contributed by atoms with van der Waals surface area (Å²) in [5.41, 5.74) is 3.87. The molecule has 1 N–H and O–H groups in total. The van der Waals surface area contributed by atoms with E-state index in [2.05, 4.69) is 5.32 Å². The van der Waals surface area contributed by atoms with Crippen molar-refractivity contribution in [2.45, 2.75) is 25.2 Å². The third-order valence-electron chi connectivity index (χ3n) is 5.00. The first kappa shape index (κ1) is 20.5. The number of nitrogens with one attached hydrogen (secondary N) is 1. The fraction of sp³-hybridized carbons (Fsp3) is 0.381. The molecule has 0 atom stereocenters. The van der Waals surface area contributed by atoms with E-state index in [1.54, 1.807) is 24.3 Å². The SMILES string of the molecule is Cc1ccc(C(=O)NCCc2ccc(S(=O)(=O)N3CCOCC3)cc2)cc1C. The Balaban J connectivity index is 1.55. The van der Waals surface area contributed by atoms with E-state index in [0.29, 0.717) is 44.8 Å². The molecule has 0 aliphatic carbocycles. The molecule has 7 heteroatoms. The highest BCUT2D eigenvalue weighted by atomic mass is 32.2. The molecule has 0 unspecified atom stereocenters. The fourth-order valence-corrected chi connectivity index (χ4v) is 4.48. The normalized spacial score (nSPS) is 15.4. The molecule has 1 saturated heterocycles. The number of sulfonamides is 1. The van der Waals surface area contributed by atoms with Crippen LogP contribution in [-0.4, -0.2) is 51.5 Å². The van der Waals surface area contributed by atoms with E-state index in [9.17, 15) is 13.2 Å². The summed E-state index contributed by atoms with van der Waals surface area (Å²) in [6.45, 7) is 6.11. The van der Waals surface area contributed by atoms with E-state index >= 15 is 0 Å². The first-order chi connectivity index (χ1) is 13.4. The predicted octanol–water partition coefficient (Wildman–Crippen LogP) is 2.30. The first-order valence-electron chi connectivity index (χ1n) is 9.40. The number of carbonyl (C=O) groups is 1. The molecular formula is C21H26N2O4S. The number of hydrogen-bond donors (Lipinski definition) is 1. The molecule has 2 aromatic rings. The quantitative estimate of drug-likeness (QED) is 0.804. The molecule has 1 aliphatic rings. The molecular weight excluding hydrogens is 376 g/mol. The van der Waals surface area contributed by atoms with Gasteiger partial charge in [0.2, 0.25) is 10.0 Å². The number of rotatable bonds is 6. The van der Waals surface area contributed by atoms with Crippen LogP contribution in [0.5, 0.6) is 0 Å². The summed E-state index contributed by atoms with van der Waals surface area (Å²) in [5, 5.41) is 2.91. The molecule has 28 heavy (non-hydrogen) atoms. The second-order valence-corrected chi connectivity index (χ2v) is 8.90. The van der Waals surface area contributed by atoms with Crippen LogP contribution in [0.4, 0.5) is 0 Å². The fourth-order valence-electron chi connectivity index (χ4n) is 3.07. The molecule has 1 aliphatic heterocycles. The average molecular weight is 403 g/mol. The molecule has 0 radical (unpaired) electrons. The standard InChI is InChI=1S/C21H26N2O4S/c1-16-3-6-19(15-17(16)2)21(24)22-10-9-18-4-7-20(8-5-18)28(25,26)23-11-13-27-14-12-23/h3-8,15H,9-14H2,1-2H3,(H,22,24). The van der Waals surface area contributed by atoms with Crippen molar-refractivity contribution in [3.05, 3.63) is 64.7 Å². The van der Waals surface area contributed by atoms with Crippen LogP contribution >= 0.6 is 0 Å². The van der Waals surface area contributed by atoms with Crippen LogP contribution in [0.3, 0.4) is 0 Å². The molecule has 3 rings (SSSR count). The molecule has 0 bridgehead atoms. The summed E-state index contributed by atoms with van der Waals surface area (Å²) >= 11 is 0. The van der Waals surface area contributed by atoms with Gasteiger partial charge in [-0.3, -0.25) is 4.79 Å². The number of ether oxygens (including phenoxy) is 1. The Morgan fingerprint density at radius 2 is 1.71 bits per heavy atom. The number of morpholine rings is 1. The third-order valence-corrected chi connectivity index (χ3v) is 6.91. The number of aryl methyl sites for hydroxylation is 2. The van der Waals surface area contributed by atoms with Gasteiger partial charge in [-0.15, -0.1) is 0 Å². The molecule has 0 spiro atoms. The second kappa shape index (κ2) is 8.86. The highest BCUT2D eigenvalue weighted by Gasteiger charge is 2.26. The minimum Gasteiger partial charge on any atom is -0.379 e. The van der Waals surface area contributed by atoms with Gasteiger partial charge in [0.1, 0.15) is 0 Å². The monoisotopic (exact) mass is 402 g/mol. The van der Waals surface area contributed by atoms with E-state index in [0.717, 1.165) is 16.7 Å². The van der Waals surface area contributed by atoms with Crippen molar-refractivity contribution in [2.24, 2.45) is 0 Å². The van der Waals surface area contributed by atoms with Crippen molar-refractivity contribution < 1.29 is 17.9 Å². The van der Waals surface area contributed by atoms with Crippen molar-refractivity contribution in [3.63, 3.8) is 0 Å². The van der Waals surface area contributed by atoms with Gasteiger partial charge in [-0.25, -0.2) is 8.42 Å². The number of benzene rings is 2. The minimum absolute atomic E-state index is 0.102. The Morgan fingerprint density at radius 1 is 1.04 bits per heavy atom. The zero-order chi connectivity index (χ0) is 20.1. The van der Waals surface area contributed by atoms with Crippen LogP contribution < -0.4 is 5.32 Å². The lowest BCUT2D eigenvalue weighted by atomic mass is 10.1. The van der Waals surface area contributed by atoms with Gasteiger partial charge < -0.3 is 10.1 Å². The van der Waals surface area contributed by atoms with Crippen LogP contribution in [0.1, 0.15) is 27.0 Å². The topological polar surface area (TPSA) is 75.7 Å². The Hall–Kier alpha value is -2.22. The number of carbonyl (C=O) groups excluding carboxylic acids is 1. The average Bonchev–Trinajstić information content (AvgIpc) is 2.71. The first-order valence-corrected chi connectivity index (χ1v) is 10.8. The number of amides is 1. The third kappa shape index (κ3) is 4.79. The molecule has 1 fully saturated rings. The number of hydrogen-bond acceptors (Lipinski definition) is 4. The summed E-state index contributed by atoms with van der Waals surface area (Å²) in [6, 6.07) is 12.5. The van der Waals surface area contributed by atoms with Gasteiger partial charge in [0.25, 0.3) is 5.91 Å². The summed E-state index contributed by atoms with van der Waals surface area (Å²) in [4.78, 5) is 12.5. The lowest BCUT2D eigenvalue weighted by Gasteiger charge is -2.26. The van der Waals surface area contributed by atoms with Crippen LogP contribution in [0.15, 0.2) is 47.4 Å². The highest BCUT2D eigenvalue weighted by molar-refractivity contribution is 7.89. The molecule has 1 amide bonds. The van der Waals surface area contributed by atoms with Gasteiger partial charge in [-0.1, -0.05) is 18.2 Å². The van der Waals surface area contributed by atoms with E-state index in [1.807, 2.05) is 32.0 Å². The van der Waals surface area contributed by atoms with E-state index in [-0.39, 0.29) is 10.8 Å². The van der Waals surface area contributed by atoms with Crippen LogP contribution in [-0.2, 0) is 21.2 Å². The zero-order valence-corrected chi connectivity index (χ0v) is 17.1. The highest BCUT2D eigenvalue weighted by Crippen LogP contribution is 2.18. The van der Waals surface area contributed by atoms with Crippen LogP contribution in [0.2, 0.25) is 0 Å². The van der Waals surface area contributed by atoms with Crippen molar-refractivity contribution in [1.82, 2.24) is 9.62 Å². The Labute approximate surface area is 166 Å². The molecule has 150 valence electrons. The van der Waals surface area contributed by atoms with Crippen molar-refractivity contribution in [2.75, 3.05) is 32.8 Å². The Morgan fingerprint density at radius 3 is 2.36 bits per heavy atom. The summed E-state index contributed by atoms with van der Waals surface area (Å²) in [6.07, 6.45) is 0.633. The Bertz CT molecular complexity index is 933. The summed E-state index contributed by atoms with van der Waals surface area (Å²) in [5.74, 6) is -0.102. The zero-order valence-electron chi connectivity index (χ0n) is 16.3. The van der Waals surface area contributed by atoms with Crippen LogP contribution in [0.25, 0.3) is 0 Å². The molecule has 6 nitrogen and oxygen atoms in total. The molecule has 2 aromatic carbocycles. The maximum absolute atomic E-state index is 12.6. The van der Waals surface area contributed by atoms with Crippen molar-refractivity contribution in [3.8, 4) is 0 Å². The lowest BCUT2D eigenvalue weighted by molar-refractivity contribution is 0.0730. The second-order valence-electron chi connectivity index (χ2n) is 6.97. The molecule has 0 aromatic heterocycles. The lowest BCUT2D eigenvalue weighted by Crippen LogP contribution is -2.40.